The molecule has 2 amide bonds. The minimum absolute atomic E-state index is 0.0326. The molecule has 0 N–H and O–H groups in total. The molecule has 3 heterocycles. The van der Waals surface area contributed by atoms with Crippen molar-refractivity contribution in [3.63, 3.8) is 0 Å². The van der Waals surface area contributed by atoms with E-state index in [4.69, 9.17) is 4.74 Å². The van der Waals surface area contributed by atoms with E-state index in [1.54, 1.807) is 41.4 Å². The number of imide groups is 1. The molecule has 0 bridgehead atoms. The van der Waals surface area contributed by atoms with Crippen molar-refractivity contribution in [3.8, 4) is 0 Å². The van der Waals surface area contributed by atoms with E-state index in [0.29, 0.717) is 24.2 Å². The maximum Gasteiger partial charge on any atom is 0.349 e. The zero-order valence-electron chi connectivity index (χ0n) is 16.5. The van der Waals surface area contributed by atoms with Crippen molar-refractivity contribution < 1.29 is 27.5 Å². The van der Waals surface area contributed by atoms with Gasteiger partial charge in [-0.3, -0.25) is 14.5 Å². The van der Waals surface area contributed by atoms with Crippen LogP contribution in [0.4, 0.5) is 0 Å². The Labute approximate surface area is 188 Å². The molecular weight excluding hydrogens is 460 g/mol. The number of carbonyl (C=O) groups is 3. The lowest BCUT2D eigenvalue weighted by Gasteiger charge is -2.25. The van der Waals surface area contributed by atoms with Crippen LogP contribution in [0.5, 0.6) is 0 Å². The number of hydrogen-bond donors (Lipinski definition) is 0. The van der Waals surface area contributed by atoms with Gasteiger partial charge in [-0.2, -0.15) is 16.1 Å². The highest BCUT2D eigenvalue weighted by molar-refractivity contribution is 7.99. The van der Waals surface area contributed by atoms with Crippen LogP contribution in [0, 0.1) is 0 Å². The Morgan fingerprint density at radius 1 is 1.03 bits per heavy atom. The number of ether oxygens (including phenoxy) is 1. The number of hydrogen-bond acceptors (Lipinski definition) is 8. The van der Waals surface area contributed by atoms with Gasteiger partial charge in [0.2, 0.25) is 10.0 Å². The average Bonchev–Trinajstić information content (AvgIpc) is 3.37. The molecule has 0 atom stereocenters. The van der Waals surface area contributed by atoms with Crippen LogP contribution < -0.4 is 0 Å². The van der Waals surface area contributed by atoms with Crippen LogP contribution in [-0.4, -0.2) is 73.2 Å². The Balaban J connectivity index is 1.34. The van der Waals surface area contributed by atoms with Gasteiger partial charge < -0.3 is 4.74 Å². The number of sulfonamides is 1. The second-order valence-electron chi connectivity index (χ2n) is 6.93. The topological polar surface area (TPSA) is 101 Å². The number of amides is 2. The Kier molecular flexibility index (Phi) is 6.47. The van der Waals surface area contributed by atoms with Gasteiger partial charge in [0.1, 0.15) is 9.77 Å². The van der Waals surface area contributed by atoms with E-state index >= 15 is 0 Å². The highest BCUT2D eigenvalue weighted by atomic mass is 32.2. The third kappa shape index (κ3) is 4.27. The summed E-state index contributed by atoms with van der Waals surface area (Å²) in [6.45, 7) is 0.903. The van der Waals surface area contributed by atoms with Crippen LogP contribution in [0.1, 0.15) is 36.8 Å². The minimum atomic E-state index is -3.75. The van der Waals surface area contributed by atoms with Gasteiger partial charge in [0.15, 0.2) is 0 Å². The first-order valence-corrected chi connectivity index (χ1v) is 13.2. The second-order valence-corrected chi connectivity index (χ2v) is 11.0. The van der Waals surface area contributed by atoms with Crippen molar-refractivity contribution in [1.29, 1.82) is 0 Å². The summed E-state index contributed by atoms with van der Waals surface area (Å²) in [5.74, 6) is 0.000818. The first-order valence-electron chi connectivity index (χ1n) is 9.69. The molecule has 31 heavy (non-hydrogen) atoms. The van der Waals surface area contributed by atoms with Gasteiger partial charge in [0.25, 0.3) is 11.8 Å². The molecule has 1 fully saturated rings. The molecule has 1 aromatic carbocycles. The lowest BCUT2D eigenvalue weighted by atomic mass is 10.1. The molecule has 1 aromatic heterocycles. The number of nitrogens with zero attached hydrogens (tertiary/aromatic N) is 2. The number of benzene rings is 1. The SMILES string of the molecule is O=C(OCCCN1C(=O)c2ccccc2C1=O)c1sccc1S(=O)(=O)N1CCSCC1. The lowest BCUT2D eigenvalue weighted by Crippen LogP contribution is -2.38. The molecule has 2 aliphatic rings. The molecule has 0 saturated carbocycles. The fraction of sp³-hybridized carbons (Fsp3) is 0.350. The maximum absolute atomic E-state index is 12.9. The van der Waals surface area contributed by atoms with Crippen molar-refractivity contribution in [1.82, 2.24) is 9.21 Å². The Morgan fingerprint density at radius 3 is 2.32 bits per heavy atom. The second kappa shape index (κ2) is 9.11. The fourth-order valence-corrected chi connectivity index (χ4v) is 7.33. The van der Waals surface area contributed by atoms with Gasteiger partial charge in [-0.15, -0.1) is 11.3 Å². The summed E-state index contributed by atoms with van der Waals surface area (Å²) < 4.78 is 32.4. The summed E-state index contributed by atoms with van der Waals surface area (Å²) in [6, 6.07) is 8.04. The summed E-state index contributed by atoms with van der Waals surface area (Å²) in [5.41, 5.74) is 0.739. The normalized spacial score (nSPS) is 17.1. The van der Waals surface area contributed by atoms with Crippen molar-refractivity contribution in [2.75, 3.05) is 37.7 Å². The molecule has 4 rings (SSSR count). The van der Waals surface area contributed by atoms with Crippen LogP contribution in [0.3, 0.4) is 0 Å². The van der Waals surface area contributed by atoms with Crippen LogP contribution >= 0.6 is 23.1 Å². The largest absolute Gasteiger partial charge is 0.461 e. The smallest absolute Gasteiger partial charge is 0.349 e. The molecule has 0 unspecified atom stereocenters. The third-order valence-corrected chi connectivity index (χ3v) is 8.95. The lowest BCUT2D eigenvalue weighted by molar-refractivity contribution is 0.0484. The predicted octanol–water partition coefficient (Wildman–Crippen LogP) is 2.33. The molecule has 2 aliphatic heterocycles. The van der Waals surface area contributed by atoms with E-state index in [1.165, 1.54) is 10.4 Å². The Morgan fingerprint density at radius 2 is 1.68 bits per heavy atom. The molecule has 2 aromatic rings. The number of thioether (sulfide) groups is 1. The monoisotopic (exact) mass is 480 g/mol. The first kappa shape index (κ1) is 22.0. The molecule has 11 heteroatoms. The molecule has 0 radical (unpaired) electrons. The number of carbonyl (C=O) groups excluding carboxylic acids is 3. The van der Waals surface area contributed by atoms with Crippen molar-refractivity contribution in [2.24, 2.45) is 0 Å². The van der Waals surface area contributed by atoms with Crippen LogP contribution in [0.15, 0.2) is 40.6 Å². The molecule has 164 valence electrons. The van der Waals surface area contributed by atoms with E-state index in [9.17, 15) is 22.8 Å². The number of thiophene rings is 1. The van der Waals surface area contributed by atoms with Crippen molar-refractivity contribution >= 4 is 50.9 Å². The Bertz CT molecular complexity index is 1090. The summed E-state index contributed by atoms with van der Waals surface area (Å²) in [5, 5.41) is 1.56. The van der Waals surface area contributed by atoms with Crippen molar-refractivity contribution in [3.05, 3.63) is 51.7 Å². The fourth-order valence-electron chi connectivity index (χ4n) is 3.47. The van der Waals surface area contributed by atoms with Gasteiger partial charge >= 0.3 is 5.97 Å². The molecular formula is C20H20N2O6S3. The summed E-state index contributed by atoms with van der Waals surface area (Å²) in [7, 11) is -3.75. The van der Waals surface area contributed by atoms with Gasteiger partial charge in [-0.05, 0) is 30.0 Å². The average molecular weight is 481 g/mol. The highest BCUT2D eigenvalue weighted by Crippen LogP contribution is 2.28. The molecule has 0 spiro atoms. The van der Waals surface area contributed by atoms with Crippen LogP contribution in [0.2, 0.25) is 0 Å². The van der Waals surface area contributed by atoms with Crippen LogP contribution in [-0.2, 0) is 14.8 Å². The summed E-state index contributed by atoms with van der Waals surface area (Å²) >= 11 is 2.72. The predicted molar refractivity (Wildman–Crippen MR) is 117 cm³/mol. The van der Waals surface area contributed by atoms with Crippen LogP contribution in [0.25, 0.3) is 0 Å². The van der Waals surface area contributed by atoms with Gasteiger partial charge in [0, 0.05) is 31.1 Å². The third-order valence-electron chi connectivity index (χ3n) is 5.04. The first-order chi connectivity index (χ1) is 14.9. The highest BCUT2D eigenvalue weighted by Gasteiger charge is 2.35. The maximum atomic E-state index is 12.9. The van der Waals surface area contributed by atoms with E-state index in [-0.39, 0.29) is 41.2 Å². The zero-order valence-corrected chi connectivity index (χ0v) is 18.9. The molecule has 1 saturated heterocycles. The quantitative estimate of drug-likeness (QED) is 0.341. The van der Waals surface area contributed by atoms with E-state index in [1.807, 2.05) is 0 Å². The molecule has 0 aliphatic carbocycles. The number of rotatable bonds is 7. The van der Waals surface area contributed by atoms with E-state index in [2.05, 4.69) is 0 Å². The standard InChI is InChI=1S/C20H20N2O6S3/c23-18-14-4-1-2-5-15(14)19(24)22(18)7-3-10-28-20(25)17-16(6-11-30-17)31(26,27)21-8-12-29-13-9-21/h1-2,4-6,11H,3,7-10,12-13H2. The van der Waals surface area contributed by atoms with E-state index in [0.717, 1.165) is 27.7 Å². The molecule has 8 nitrogen and oxygen atoms in total. The van der Waals surface area contributed by atoms with Gasteiger partial charge in [-0.1, -0.05) is 12.1 Å². The zero-order chi connectivity index (χ0) is 22.0. The summed E-state index contributed by atoms with van der Waals surface area (Å²) in [4.78, 5) is 38.4. The minimum Gasteiger partial charge on any atom is -0.461 e. The van der Waals surface area contributed by atoms with E-state index < -0.39 is 16.0 Å². The van der Waals surface area contributed by atoms with Gasteiger partial charge in [-0.25, -0.2) is 13.2 Å². The van der Waals surface area contributed by atoms with Crippen molar-refractivity contribution in [2.45, 2.75) is 11.3 Å². The number of fused-ring (bicyclic) bond motifs is 1. The summed E-state index contributed by atoms with van der Waals surface area (Å²) in [6.07, 6.45) is 0.258. The van der Waals surface area contributed by atoms with Gasteiger partial charge in [0.05, 0.1) is 17.7 Å². The Hall–Kier alpha value is -2.21. The number of esters is 1.